The average Bonchev–Trinajstić information content (AvgIpc) is 2.27. The highest BCUT2D eigenvalue weighted by Gasteiger charge is 2.31. The number of allylic oxidation sites excluding steroid dienone is 2. The van der Waals surface area contributed by atoms with Gasteiger partial charge in [-0.15, -0.1) is 0 Å². The molecule has 0 aromatic heterocycles. The van der Waals surface area contributed by atoms with Crippen molar-refractivity contribution >= 4 is 23.2 Å². The minimum atomic E-state index is -0.380. The highest BCUT2D eigenvalue weighted by atomic mass is 35.5. The lowest BCUT2D eigenvalue weighted by atomic mass is 9.81. The molecule has 2 rings (SSSR count). The van der Waals surface area contributed by atoms with Crippen molar-refractivity contribution in [3.05, 3.63) is 46.2 Å². The van der Waals surface area contributed by atoms with Crippen LogP contribution in [-0.2, 0) is 9.59 Å². The van der Waals surface area contributed by atoms with Crippen molar-refractivity contribution in [1.82, 2.24) is 0 Å². The third-order valence-corrected chi connectivity index (χ3v) is 3.48. The predicted octanol–water partition coefficient (Wildman–Crippen LogP) is 3.19. The maximum absolute atomic E-state index is 11.9. The van der Waals surface area contributed by atoms with Gasteiger partial charge in [0, 0.05) is 17.9 Å². The quantitative estimate of drug-likeness (QED) is 0.835. The minimum absolute atomic E-state index is 0.0571. The molecule has 0 radical (unpaired) electrons. The third-order valence-electron chi connectivity index (χ3n) is 3.14. The first kappa shape index (κ1) is 12.8. The molecule has 0 heterocycles. The number of carbonyl (C=O) groups is 2. The van der Waals surface area contributed by atoms with Crippen LogP contribution in [0.2, 0.25) is 5.02 Å². The second-order valence-electron chi connectivity index (χ2n) is 4.43. The number of Topliss-reactive ketones (excluding diaryl/α,β-unsaturated/α-hetero) is 2. The molecule has 3 nitrogen and oxygen atoms in total. The molecular weight excluding hydrogens is 252 g/mol. The van der Waals surface area contributed by atoms with E-state index < -0.39 is 0 Å². The van der Waals surface area contributed by atoms with Crippen molar-refractivity contribution in [2.24, 2.45) is 0 Å². The minimum Gasteiger partial charge on any atom is -0.511 e. The van der Waals surface area contributed by atoms with Gasteiger partial charge in [0.15, 0.2) is 11.6 Å². The molecular formula is C14H13ClO3. The van der Waals surface area contributed by atoms with E-state index in [2.05, 4.69) is 0 Å². The fraction of sp³-hybridized carbons (Fsp3) is 0.286. The predicted molar refractivity (Wildman–Crippen MR) is 68.8 cm³/mol. The monoisotopic (exact) mass is 264 g/mol. The molecule has 0 bridgehead atoms. The van der Waals surface area contributed by atoms with Crippen LogP contribution in [0.1, 0.15) is 31.2 Å². The Morgan fingerprint density at radius 2 is 2.00 bits per heavy atom. The molecule has 0 aliphatic heterocycles. The van der Waals surface area contributed by atoms with Gasteiger partial charge in [0.05, 0.1) is 5.57 Å². The van der Waals surface area contributed by atoms with Crippen LogP contribution < -0.4 is 0 Å². The molecule has 1 aliphatic rings. The van der Waals surface area contributed by atoms with Gasteiger partial charge in [0.1, 0.15) is 5.76 Å². The Morgan fingerprint density at radius 3 is 2.56 bits per heavy atom. The Labute approximate surface area is 110 Å². The first-order chi connectivity index (χ1) is 8.50. The number of benzene rings is 1. The van der Waals surface area contributed by atoms with Gasteiger partial charge in [-0.2, -0.15) is 0 Å². The van der Waals surface area contributed by atoms with Gasteiger partial charge in [-0.05, 0) is 24.5 Å². The summed E-state index contributed by atoms with van der Waals surface area (Å²) in [5, 5.41) is 10.4. The molecule has 0 spiro atoms. The van der Waals surface area contributed by atoms with E-state index >= 15 is 0 Å². The van der Waals surface area contributed by atoms with Crippen LogP contribution in [0.25, 0.3) is 0 Å². The Balaban J connectivity index is 2.35. The highest BCUT2D eigenvalue weighted by molar-refractivity contribution is 6.31. The SMILES string of the molecule is CC(=O)C1=C(O)CC(c2ccccc2Cl)CC1=O. The van der Waals surface area contributed by atoms with Crippen molar-refractivity contribution < 1.29 is 14.7 Å². The molecule has 94 valence electrons. The fourth-order valence-electron chi connectivity index (χ4n) is 2.32. The lowest BCUT2D eigenvalue weighted by Gasteiger charge is -2.23. The number of aliphatic hydroxyl groups excluding tert-OH is 1. The summed E-state index contributed by atoms with van der Waals surface area (Å²) in [6.07, 6.45) is 0.493. The second kappa shape index (κ2) is 4.94. The third kappa shape index (κ3) is 2.31. The molecule has 1 unspecified atom stereocenters. The Bertz CT molecular complexity index is 546. The number of aliphatic hydroxyl groups is 1. The maximum atomic E-state index is 11.9. The maximum Gasteiger partial charge on any atom is 0.170 e. The van der Waals surface area contributed by atoms with E-state index in [0.29, 0.717) is 5.02 Å². The molecule has 0 saturated heterocycles. The Morgan fingerprint density at radius 1 is 1.33 bits per heavy atom. The van der Waals surface area contributed by atoms with Crippen LogP contribution in [0, 0.1) is 0 Å². The van der Waals surface area contributed by atoms with Crippen molar-refractivity contribution in [3.8, 4) is 0 Å². The van der Waals surface area contributed by atoms with E-state index in [1.54, 1.807) is 6.07 Å². The van der Waals surface area contributed by atoms with Crippen molar-refractivity contribution in [1.29, 1.82) is 0 Å². The first-order valence-electron chi connectivity index (χ1n) is 5.71. The summed E-state index contributed by atoms with van der Waals surface area (Å²) in [7, 11) is 0. The van der Waals surface area contributed by atoms with Crippen LogP contribution in [0.4, 0.5) is 0 Å². The topological polar surface area (TPSA) is 54.4 Å². The largest absolute Gasteiger partial charge is 0.511 e. The summed E-state index contributed by atoms with van der Waals surface area (Å²) in [6, 6.07) is 7.25. The zero-order valence-corrected chi connectivity index (χ0v) is 10.7. The first-order valence-corrected chi connectivity index (χ1v) is 6.09. The normalized spacial score (nSPS) is 20.1. The number of hydrogen-bond donors (Lipinski definition) is 1. The van der Waals surface area contributed by atoms with Crippen LogP contribution in [0.15, 0.2) is 35.6 Å². The number of hydrogen-bond acceptors (Lipinski definition) is 3. The van der Waals surface area contributed by atoms with Crippen molar-refractivity contribution in [2.75, 3.05) is 0 Å². The van der Waals surface area contributed by atoms with Crippen molar-refractivity contribution in [2.45, 2.75) is 25.7 Å². The van der Waals surface area contributed by atoms with Gasteiger partial charge in [0.25, 0.3) is 0 Å². The molecule has 0 fully saturated rings. The lowest BCUT2D eigenvalue weighted by molar-refractivity contribution is -0.121. The highest BCUT2D eigenvalue weighted by Crippen LogP contribution is 2.36. The number of ketones is 2. The van der Waals surface area contributed by atoms with Gasteiger partial charge in [-0.25, -0.2) is 0 Å². The van der Waals surface area contributed by atoms with Gasteiger partial charge < -0.3 is 5.11 Å². The smallest absolute Gasteiger partial charge is 0.170 e. The van der Waals surface area contributed by atoms with Crippen molar-refractivity contribution in [3.63, 3.8) is 0 Å². The van der Waals surface area contributed by atoms with E-state index in [4.69, 9.17) is 11.6 Å². The summed E-state index contributed by atoms with van der Waals surface area (Å²) in [5.41, 5.74) is 0.778. The number of rotatable bonds is 2. The second-order valence-corrected chi connectivity index (χ2v) is 4.83. The summed E-state index contributed by atoms with van der Waals surface area (Å²) in [5.74, 6) is -0.968. The molecule has 1 aliphatic carbocycles. The summed E-state index contributed by atoms with van der Waals surface area (Å²) >= 11 is 6.08. The standard InChI is InChI=1S/C14H13ClO3/c1-8(16)14-12(17)6-9(7-13(14)18)10-4-2-3-5-11(10)15/h2-5,9,17H,6-7H2,1H3. The van der Waals surface area contributed by atoms with Crippen LogP contribution in [0.3, 0.4) is 0 Å². The van der Waals surface area contributed by atoms with Crippen LogP contribution in [-0.4, -0.2) is 16.7 Å². The summed E-state index contributed by atoms with van der Waals surface area (Å²) in [4.78, 5) is 23.1. The van der Waals surface area contributed by atoms with E-state index in [-0.39, 0.29) is 41.7 Å². The molecule has 18 heavy (non-hydrogen) atoms. The summed E-state index contributed by atoms with van der Waals surface area (Å²) in [6.45, 7) is 1.29. The molecule has 1 aromatic rings. The van der Waals surface area contributed by atoms with E-state index in [9.17, 15) is 14.7 Å². The molecule has 0 amide bonds. The zero-order valence-electron chi connectivity index (χ0n) is 9.94. The zero-order chi connectivity index (χ0) is 13.3. The van der Waals surface area contributed by atoms with Gasteiger partial charge in [0.2, 0.25) is 0 Å². The lowest BCUT2D eigenvalue weighted by Crippen LogP contribution is -2.22. The number of carbonyl (C=O) groups excluding carboxylic acids is 2. The molecule has 1 aromatic carbocycles. The van der Waals surface area contributed by atoms with E-state index in [0.717, 1.165) is 5.56 Å². The molecule has 1 N–H and O–H groups in total. The van der Waals surface area contributed by atoms with Gasteiger partial charge in [-0.3, -0.25) is 9.59 Å². The average molecular weight is 265 g/mol. The van der Waals surface area contributed by atoms with E-state index in [1.807, 2.05) is 18.2 Å². The van der Waals surface area contributed by atoms with Crippen LogP contribution in [0.5, 0.6) is 0 Å². The molecule has 4 heteroatoms. The van der Waals surface area contributed by atoms with E-state index in [1.165, 1.54) is 6.92 Å². The fourth-order valence-corrected chi connectivity index (χ4v) is 2.61. The van der Waals surface area contributed by atoms with Gasteiger partial charge >= 0.3 is 0 Å². The Hall–Kier alpha value is -1.61. The Kier molecular flexibility index (Phi) is 3.53. The molecule has 0 saturated carbocycles. The summed E-state index contributed by atoms with van der Waals surface area (Å²) < 4.78 is 0. The molecule has 1 atom stereocenters. The van der Waals surface area contributed by atoms with Crippen LogP contribution >= 0.6 is 11.6 Å². The van der Waals surface area contributed by atoms with Gasteiger partial charge in [-0.1, -0.05) is 29.8 Å². The number of halogens is 1.